The van der Waals surface area contributed by atoms with Crippen molar-refractivity contribution < 1.29 is 23.1 Å². The third-order valence-electron chi connectivity index (χ3n) is 4.99. The Morgan fingerprint density at radius 2 is 1.70 bits per heavy atom. The van der Waals surface area contributed by atoms with Gasteiger partial charge in [0.2, 0.25) is 0 Å². The maximum atomic E-state index is 13.3. The average Bonchev–Trinajstić information content (AvgIpc) is 3.13. The zero-order chi connectivity index (χ0) is 19.4. The number of carbonyl (C=O) groups excluding carboxylic acids is 2. The molecule has 1 aliphatic carbocycles. The van der Waals surface area contributed by atoms with Gasteiger partial charge in [0.15, 0.2) is 6.10 Å². The summed E-state index contributed by atoms with van der Waals surface area (Å²) in [6.45, 7) is 1.47. The molecule has 6 heteroatoms. The smallest absolute Gasteiger partial charge is 0.317 e. The molecule has 0 heterocycles. The molecule has 4 nitrogen and oxygen atoms in total. The average molecular weight is 373 g/mol. The molecule has 1 aliphatic rings. The molecule has 1 saturated carbocycles. The third-order valence-corrected chi connectivity index (χ3v) is 4.99. The zero-order valence-corrected chi connectivity index (χ0v) is 15.0. The maximum absolute atomic E-state index is 13.3. The van der Waals surface area contributed by atoms with Crippen LogP contribution in [0.15, 0.2) is 48.5 Å². The van der Waals surface area contributed by atoms with Gasteiger partial charge >= 0.3 is 5.97 Å². The van der Waals surface area contributed by atoms with Crippen LogP contribution in [0.3, 0.4) is 0 Å². The molecule has 0 radical (unpaired) electrons. The van der Waals surface area contributed by atoms with Crippen LogP contribution in [-0.4, -0.2) is 18.0 Å². The second-order valence-corrected chi connectivity index (χ2v) is 6.84. The lowest BCUT2D eigenvalue weighted by Gasteiger charge is -2.28. The molecule has 1 atom stereocenters. The number of nitrogens with one attached hydrogen (secondary N) is 1. The number of ether oxygens (including phenoxy) is 1. The molecule has 3 rings (SSSR count). The van der Waals surface area contributed by atoms with E-state index in [1.54, 1.807) is 18.2 Å². The minimum atomic E-state index is -1.04. The van der Waals surface area contributed by atoms with Crippen molar-refractivity contribution in [2.75, 3.05) is 5.32 Å². The fourth-order valence-corrected chi connectivity index (χ4v) is 3.50. The summed E-state index contributed by atoms with van der Waals surface area (Å²) in [5.41, 5.74) is 0.127. The molecule has 0 spiro atoms. The van der Waals surface area contributed by atoms with E-state index in [4.69, 9.17) is 4.74 Å². The van der Waals surface area contributed by atoms with Gasteiger partial charge in [-0.05, 0) is 55.7 Å². The highest BCUT2D eigenvalue weighted by molar-refractivity contribution is 5.96. The molecule has 142 valence electrons. The fourth-order valence-electron chi connectivity index (χ4n) is 3.50. The Morgan fingerprint density at radius 1 is 1.04 bits per heavy atom. The van der Waals surface area contributed by atoms with Gasteiger partial charge in [0.25, 0.3) is 5.91 Å². The van der Waals surface area contributed by atoms with Crippen LogP contribution >= 0.6 is 0 Å². The van der Waals surface area contributed by atoms with Gasteiger partial charge in [-0.15, -0.1) is 0 Å². The molecule has 0 aliphatic heterocycles. The Hall–Kier alpha value is -2.76. The predicted octanol–water partition coefficient (Wildman–Crippen LogP) is 4.35. The number of esters is 1. The molecule has 0 aromatic heterocycles. The maximum Gasteiger partial charge on any atom is 0.317 e. The molecular weight excluding hydrogens is 352 g/mol. The lowest BCUT2D eigenvalue weighted by Crippen LogP contribution is -2.39. The van der Waals surface area contributed by atoms with Crippen molar-refractivity contribution in [3.8, 4) is 0 Å². The summed E-state index contributed by atoms with van der Waals surface area (Å²) in [7, 11) is 0. The molecule has 0 saturated heterocycles. The number of anilines is 1. The first kappa shape index (κ1) is 19.0. The van der Waals surface area contributed by atoms with Gasteiger partial charge in [0.1, 0.15) is 11.6 Å². The number of hydrogen-bond donors (Lipinski definition) is 1. The highest BCUT2D eigenvalue weighted by Crippen LogP contribution is 2.42. The van der Waals surface area contributed by atoms with E-state index in [9.17, 15) is 18.4 Å². The van der Waals surface area contributed by atoms with E-state index in [2.05, 4.69) is 5.32 Å². The number of amides is 1. The summed E-state index contributed by atoms with van der Waals surface area (Å²) in [5.74, 6) is -1.88. The van der Waals surface area contributed by atoms with Crippen LogP contribution in [0.25, 0.3) is 0 Å². The Kier molecular flexibility index (Phi) is 5.54. The Bertz CT molecular complexity index is 830. The summed E-state index contributed by atoms with van der Waals surface area (Å²) in [4.78, 5) is 25.2. The molecule has 1 fully saturated rings. The van der Waals surface area contributed by atoms with E-state index in [1.165, 1.54) is 37.3 Å². The summed E-state index contributed by atoms with van der Waals surface area (Å²) in [6, 6.07) is 11.3. The van der Waals surface area contributed by atoms with Crippen LogP contribution in [0.4, 0.5) is 14.5 Å². The van der Waals surface area contributed by atoms with Gasteiger partial charge in [-0.3, -0.25) is 9.59 Å². The van der Waals surface area contributed by atoms with Crippen LogP contribution in [0.1, 0.15) is 38.2 Å². The number of benzene rings is 2. The summed E-state index contributed by atoms with van der Waals surface area (Å²) in [6.07, 6.45) is 1.86. The van der Waals surface area contributed by atoms with E-state index in [0.29, 0.717) is 18.4 Å². The predicted molar refractivity (Wildman–Crippen MR) is 97.1 cm³/mol. The van der Waals surface area contributed by atoms with E-state index < -0.39 is 29.2 Å². The largest absolute Gasteiger partial charge is 0.452 e. The van der Waals surface area contributed by atoms with Crippen LogP contribution in [0, 0.1) is 11.6 Å². The van der Waals surface area contributed by atoms with Gasteiger partial charge in [0, 0.05) is 5.69 Å². The number of carbonyl (C=O) groups is 2. The quantitative estimate of drug-likeness (QED) is 0.793. The first-order valence-corrected chi connectivity index (χ1v) is 8.94. The number of rotatable bonds is 5. The van der Waals surface area contributed by atoms with Gasteiger partial charge in [0.05, 0.1) is 5.41 Å². The molecular formula is C21H21F2NO3. The van der Waals surface area contributed by atoms with Gasteiger partial charge in [-0.1, -0.05) is 31.0 Å². The Balaban J connectivity index is 1.71. The van der Waals surface area contributed by atoms with Crippen LogP contribution in [-0.2, 0) is 19.7 Å². The van der Waals surface area contributed by atoms with Crippen LogP contribution in [0.5, 0.6) is 0 Å². The molecule has 1 amide bonds. The Morgan fingerprint density at radius 3 is 2.33 bits per heavy atom. The highest BCUT2D eigenvalue weighted by Gasteiger charge is 2.45. The van der Waals surface area contributed by atoms with Gasteiger partial charge in [-0.2, -0.15) is 0 Å². The van der Waals surface area contributed by atoms with E-state index in [1.807, 2.05) is 0 Å². The van der Waals surface area contributed by atoms with E-state index in [-0.39, 0.29) is 11.5 Å². The molecule has 0 unspecified atom stereocenters. The monoisotopic (exact) mass is 373 g/mol. The van der Waals surface area contributed by atoms with Crippen molar-refractivity contribution in [2.45, 2.75) is 44.1 Å². The molecule has 2 aromatic carbocycles. The first-order chi connectivity index (χ1) is 12.9. The minimum absolute atomic E-state index is 0.289. The summed E-state index contributed by atoms with van der Waals surface area (Å²) in [5, 5.41) is 2.53. The first-order valence-electron chi connectivity index (χ1n) is 8.94. The molecule has 2 aromatic rings. The van der Waals surface area contributed by atoms with Gasteiger partial charge in [-0.25, -0.2) is 8.78 Å². The normalized spacial score (nSPS) is 16.6. The highest BCUT2D eigenvalue weighted by atomic mass is 19.1. The second-order valence-electron chi connectivity index (χ2n) is 6.84. The zero-order valence-electron chi connectivity index (χ0n) is 15.0. The van der Waals surface area contributed by atoms with E-state index >= 15 is 0 Å². The van der Waals surface area contributed by atoms with Crippen molar-refractivity contribution in [3.05, 3.63) is 65.7 Å². The lowest BCUT2D eigenvalue weighted by atomic mass is 9.79. The van der Waals surface area contributed by atoms with Crippen molar-refractivity contribution in [3.63, 3.8) is 0 Å². The van der Waals surface area contributed by atoms with Crippen molar-refractivity contribution in [1.82, 2.24) is 0 Å². The molecule has 1 N–H and O–H groups in total. The Labute approximate surface area is 156 Å². The standard InChI is InChI=1S/C21H21F2NO3/c1-14(19(25)24-18-6-4-5-17(23)13-18)27-20(26)21(11-2-3-12-21)15-7-9-16(22)10-8-15/h4-10,13-14H,2-3,11-12H2,1H3,(H,24,25)/t14-/m0/s1. The SMILES string of the molecule is C[C@H](OC(=O)C1(c2ccc(F)cc2)CCCC1)C(=O)Nc1cccc(F)c1. The number of hydrogen-bond acceptors (Lipinski definition) is 3. The van der Waals surface area contributed by atoms with Crippen LogP contribution in [0.2, 0.25) is 0 Å². The van der Waals surface area contributed by atoms with Crippen molar-refractivity contribution >= 4 is 17.6 Å². The minimum Gasteiger partial charge on any atom is -0.452 e. The molecule has 27 heavy (non-hydrogen) atoms. The van der Waals surface area contributed by atoms with Crippen molar-refractivity contribution in [1.29, 1.82) is 0 Å². The topological polar surface area (TPSA) is 55.4 Å². The third kappa shape index (κ3) is 4.15. The number of halogens is 2. The summed E-state index contributed by atoms with van der Waals surface area (Å²) < 4.78 is 31.9. The fraction of sp³-hybridized carbons (Fsp3) is 0.333. The lowest BCUT2D eigenvalue weighted by molar-refractivity contribution is -0.159. The van der Waals surface area contributed by atoms with Crippen molar-refractivity contribution in [2.24, 2.45) is 0 Å². The second kappa shape index (κ2) is 7.86. The van der Waals surface area contributed by atoms with E-state index in [0.717, 1.165) is 12.8 Å². The van der Waals surface area contributed by atoms with Crippen LogP contribution < -0.4 is 5.32 Å². The van der Waals surface area contributed by atoms with Gasteiger partial charge < -0.3 is 10.1 Å². The summed E-state index contributed by atoms with van der Waals surface area (Å²) >= 11 is 0. The molecule has 0 bridgehead atoms.